The van der Waals surface area contributed by atoms with Crippen molar-refractivity contribution in [3.8, 4) is 0 Å². The molecule has 0 heterocycles. The van der Waals surface area contributed by atoms with E-state index >= 15 is 0 Å². The van der Waals surface area contributed by atoms with Crippen LogP contribution in [-0.2, 0) is 0 Å². The first-order valence-corrected chi connectivity index (χ1v) is 26.5. The topological polar surface area (TPSA) is 0 Å². The van der Waals surface area contributed by atoms with Gasteiger partial charge in [0, 0.05) is 0 Å². The van der Waals surface area contributed by atoms with Crippen molar-refractivity contribution in [1.82, 2.24) is 0 Å². The third kappa shape index (κ3) is 7.01. The van der Waals surface area contributed by atoms with Crippen LogP contribution in [0.25, 0.3) is 0 Å². The molecule has 0 N–H and O–H groups in total. The van der Waals surface area contributed by atoms with E-state index < -0.39 is 58.6 Å². The second-order valence-electron chi connectivity index (χ2n) is 8.41. The molecule has 0 aliphatic heterocycles. The van der Waals surface area contributed by atoms with Gasteiger partial charge in [-0.1, -0.05) is 0 Å². The fourth-order valence-electron chi connectivity index (χ4n) is 4.70. The van der Waals surface area contributed by atoms with Crippen LogP contribution >= 0.6 is 0 Å². The molecule has 0 fully saturated rings. The third-order valence-corrected chi connectivity index (χ3v) is 27.6. The Morgan fingerprint density at radius 1 is 0.382 bits per heavy atom. The van der Waals surface area contributed by atoms with Crippen LogP contribution in [0.2, 0.25) is 31.3 Å². The SMILES string of the molecule is CC[As](CC)c1cccc([As](c2cccc([As](CC)CC)c2)c2cccc([As](CC)CC)c2)c1. The second kappa shape index (κ2) is 14.6. The van der Waals surface area contributed by atoms with Crippen LogP contribution in [0.5, 0.6) is 0 Å². The van der Waals surface area contributed by atoms with Gasteiger partial charge in [-0.2, -0.15) is 0 Å². The van der Waals surface area contributed by atoms with Crippen molar-refractivity contribution in [3.63, 3.8) is 0 Å². The average Bonchev–Trinajstić information content (AvgIpc) is 2.87. The van der Waals surface area contributed by atoms with Crippen molar-refractivity contribution in [2.75, 3.05) is 0 Å². The van der Waals surface area contributed by atoms with Crippen molar-refractivity contribution in [3.05, 3.63) is 72.8 Å². The van der Waals surface area contributed by atoms with Gasteiger partial charge in [-0.3, -0.25) is 0 Å². The Kier molecular flexibility index (Phi) is 12.2. The van der Waals surface area contributed by atoms with Crippen LogP contribution < -0.4 is 26.1 Å². The van der Waals surface area contributed by atoms with Crippen molar-refractivity contribution >= 4 is 84.7 Å². The molecule has 34 heavy (non-hydrogen) atoms. The van der Waals surface area contributed by atoms with Crippen molar-refractivity contribution in [2.45, 2.75) is 72.8 Å². The molecule has 3 aromatic rings. The molecule has 0 saturated heterocycles. The van der Waals surface area contributed by atoms with E-state index in [0.29, 0.717) is 0 Å². The van der Waals surface area contributed by atoms with E-state index in [9.17, 15) is 0 Å². The quantitative estimate of drug-likeness (QED) is 0.246. The fourth-order valence-corrected chi connectivity index (χ4v) is 22.5. The molecule has 3 rings (SSSR count). The summed E-state index contributed by atoms with van der Waals surface area (Å²) in [6.07, 6.45) is 0. The van der Waals surface area contributed by atoms with E-state index in [1.165, 1.54) is 31.3 Å². The Bertz CT molecular complexity index is 888. The van der Waals surface area contributed by atoms with E-state index in [0.717, 1.165) is 0 Å². The summed E-state index contributed by atoms with van der Waals surface area (Å²) in [5, 5.41) is 8.20. The third-order valence-electron chi connectivity index (χ3n) is 6.65. The molecule has 0 radical (unpaired) electrons. The first-order chi connectivity index (χ1) is 16.6. The van der Waals surface area contributed by atoms with Crippen molar-refractivity contribution in [2.24, 2.45) is 0 Å². The summed E-state index contributed by atoms with van der Waals surface area (Å²) in [4.78, 5) is 0. The Balaban J connectivity index is 2.17. The van der Waals surface area contributed by atoms with Crippen LogP contribution in [-0.4, -0.2) is 58.6 Å². The molecule has 4 heteroatoms. The Morgan fingerprint density at radius 2 is 0.618 bits per heavy atom. The average molecular weight is 702 g/mol. The van der Waals surface area contributed by atoms with Gasteiger partial charge in [0.2, 0.25) is 0 Å². The van der Waals surface area contributed by atoms with Crippen LogP contribution in [0.15, 0.2) is 72.8 Å². The molecular weight excluding hydrogens is 660 g/mol. The zero-order chi connectivity index (χ0) is 24.5. The molecule has 0 aliphatic carbocycles. The molecule has 0 aliphatic rings. The Hall–Kier alpha value is -0.106. The molecule has 0 saturated carbocycles. The summed E-state index contributed by atoms with van der Waals surface area (Å²) in [7, 11) is 0. The van der Waals surface area contributed by atoms with Gasteiger partial charge in [0.1, 0.15) is 0 Å². The van der Waals surface area contributed by atoms with Gasteiger partial charge in [-0.25, -0.2) is 0 Å². The molecule has 0 amide bonds. The molecule has 0 atom stereocenters. The monoisotopic (exact) mass is 702 g/mol. The predicted octanol–water partition coefficient (Wildman–Crippen LogP) is 4.43. The van der Waals surface area contributed by atoms with E-state index in [4.69, 9.17) is 0 Å². The van der Waals surface area contributed by atoms with Gasteiger partial charge >= 0.3 is 230 Å². The van der Waals surface area contributed by atoms with E-state index in [1.54, 1.807) is 26.1 Å². The van der Waals surface area contributed by atoms with Gasteiger partial charge in [0.25, 0.3) is 0 Å². The van der Waals surface area contributed by atoms with Crippen molar-refractivity contribution < 1.29 is 0 Å². The van der Waals surface area contributed by atoms with Gasteiger partial charge in [0.05, 0.1) is 0 Å². The minimum absolute atomic E-state index is 0.918. The van der Waals surface area contributed by atoms with Crippen LogP contribution in [0.1, 0.15) is 41.5 Å². The first kappa shape index (κ1) is 28.5. The van der Waals surface area contributed by atoms with Crippen LogP contribution in [0, 0.1) is 0 Å². The van der Waals surface area contributed by atoms with Crippen molar-refractivity contribution in [1.29, 1.82) is 0 Å². The maximum atomic E-state index is 2.65. The standard InChI is InChI=1S/C30H42As4/c1-7-31(8-2)25-16-13-19-28(22-25)34(29-20-14-17-26(23-29)32(9-3)10-4)30-21-15-18-27(24-30)33(11-5)12-6/h13-24H,7-12H2,1-6H3. The minimum atomic E-state index is -1.61. The summed E-state index contributed by atoms with van der Waals surface area (Å²) in [5.74, 6) is 0. The molecule has 182 valence electrons. The predicted molar refractivity (Wildman–Crippen MR) is 163 cm³/mol. The van der Waals surface area contributed by atoms with E-state index in [2.05, 4.69) is 114 Å². The molecule has 0 spiro atoms. The Morgan fingerprint density at radius 3 is 0.853 bits per heavy atom. The van der Waals surface area contributed by atoms with Crippen LogP contribution in [0.4, 0.5) is 0 Å². The summed E-state index contributed by atoms with van der Waals surface area (Å²) in [6, 6.07) is 29.8. The summed E-state index contributed by atoms with van der Waals surface area (Å²) in [5.41, 5.74) is 0. The summed E-state index contributed by atoms with van der Waals surface area (Å²) in [6.45, 7) is 14.4. The van der Waals surface area contributed by atoms with Gasteiger partial charge in [0.15, 0.2) is 0 Å². The fraction of sp³-hybridized carbons (Fsp3) is 0.400. The molecule has 0 bridgehead atoms. The maximum absolute atomic E-state index is 2.65. The zero-order valence-electron chi connectivity index (χ0n) is 22.0. The normalized spacial score (nSPS) is 11.8. The van der Waals surface area contributed by atoms with Gasteiger partial charge in [-0.15, -0.1) is 0 Å². The summed E-state index contributed by atoms with van der Waals surface area (Å²) < 4.78 is 9.98. The Labute approximate surface area is 228 Å². The molecule has 0 nitrogen and oxygen atoms in total. The number of hydrogen-bond acceptors (Lipinski definition) is 0. The first-order valence-electron chi connectivity index (χ1n) is 12.9. The zero-order valence-corrected chi connectivity index (χ0v) is 29.5. The van der Waals surface area contributed by atoms with E-state index in [1.807, 2.05) is 0 Å². The molecule has 0 unspecified atom stereocenters. The summed E-state index contributed by atoms with van der Waals surface area (Å²) >= 11 is -4.36. The number of rotatable bonds is 12. The number of benzene rings is 3. The molecular formula is C30H42As4. The van der Waals surface area contributed by atoms with Gasteiger partial charge < -0.3 is 0 Å². The van der Waals surface area contributed by atoms with E-state index in [-0.39, 0.29) is 0 Å². The molecule has 3 aromatic carbocycles. The second-order valence-corrected chi connectivity index (χ2v) is 31.1. The van der Waals surface area contributed by atoms with Crippen LogP contribution in [0.3, 0.4) is 0 Å². The number of hydrogen-bond donors (Lipinski definition) is 0. The molecule has 0 aromatic heterocycles. The van der Waals surface area contributed by atoms with Gasteiger partial charge in [-0.05, 0) is 0 Å².